The van der Waals surface area contributed by atoms with Gasteiger partial charge in [0.15, 0.2) is 17.6 Å². The summed E-state index contributed by atoms with van der Waals surface area (Å²) < 4.78 is 10.2. The van der Waals surface area contributed by atoms with Crippen molar-refractivity contribution < 1.29 is 24.2 Å². The van der Waals surface area contributed by atoms with Crippen LogP contribution in [0, 0.1) is 0 Å². The summed E-state index contributed by atoms with van der Waals surface area (Å²) in [5.41, 5.74) is 2.47. The van der Waals surface area contributed by atoms with Crippen molar-refractivity contribution in [3.05, 3.63) is 59.7 Å². The number of nitrogens with one attached hydrogen (secondary N) is 1. The fraction of sp³-hybridized carbons (Fsp3) is 0.304. The number of carbonyl (C=O) groups is 2. The molecule has 2 aromatic carbocycles. The SMILES string of the molecule is COc1cc(/C=C/C(=O)O[C@H](C)C(=O)Nc2ccc(C(C)(C)C)cc2)ccc1O. The van der Waals surface area contributed by atoms with Gasteiger partial charge in [-0.25, -0.2) is 4.79 Å². The van der Waals surface area contributed by atoms with Crippen molar-refractivity contribution in [2.75, 3.05) is 12.4 Å². The van der Waals surface area contributed by atoms with Crippen LogP contribution < -0.4 is 10.1 Å². The first-order chi connectivity index (χ1) is 13.6. The van der Waals surface area contributed by atoms with Crippen LogP contribution in [-0.4, -0.2) is 30.2 Å². The third-order valence-electron chi connectivity index (χ3n) is 4.30. The standard InChI is InChI=1S/C23H27NO5/c1-15(22(27)24-18-10-8-17(9-11-18)23(2,3)4)29-21(26)13-7-16-6-12-19(25)20(14-16)28-5/h6-15,25H,1-5H3,(H,24,27)/b13-7+/t15-/m1/s1. The van der Waals surface area contributed by atoms with E-state index in [1.807, 2.05) is 24.3 Å². The van der Waals surface area contributed by atoms with Crippen LogP contribution in [-0.2, 0) is 19.7 Å². The van der Waals surface area contributed by atoms with Crippen LogP contribution in [0.4, 0.5) is 5.69 Å². The van der Waals surface area contributed by atoms with Crippen LogP contribution >= 0.6 is 0 Å². The highest BCUT2D eigenvalue weighted by molar-refractivity contribution is 5.96. The van der Waals surface area contributed by atoms with Crippen LogP contribution in [0.15, 0.2) is 48.5 Å². The summed E-state index contributed by atoms with van der Waals surface area (Å²) in [4.78, 5) is 24.3. The van der Waals surface area contributed by atoms with Crippen molar-refractivity contribution in [1.82, 2.24) is 0 Å². The van der Waals surface area contributed by atoms with Crippen molar-refractivity contribution in [3.8, 4) is 11.5 Å². The molecular weight excluding hydrogens is 370 g/mol. The zero-order valence-corrected chi connectivity index (χ0v) is 17.4. The smallest absolute Gasteiger partial charge is 0.331 e. The number of amides is 1. The summed E-state index contributed by atoms with van der Waals surface area (Å²) >= 11 is 0. The highest BCUT2D eigenvalue weighted by Gasteiger charge is 2.18. The predicted octanol–water partition coefficient (Wildman–Crippen LogP) is 4.28. The summed E-state index contributed by atoms with van der Waals surface area (Å²) in [7, 11) is 1.44. The third-order valence-corrected chi connectivity index (χ3v) is 4.30. The summed E-state index contributed by atoms with van der Waals surface area (Å²) in [6.07, 6.45) is 1.78. The molecule has 0 saturated carbocycles. The molecule has 0 aromatic heterocycles. The molecule has 6 heteroatoms. The number of hydrogen-bond donors (Lipinski definition) is 2. The number of phenols is 1. The summed E-state index contributed by atoms with van der Waals surface area (Å²) in [5, 5.41) is 12.3. The Morgan fingerprint density at radius 3 is 2.34 bits per heavy atom. The number of rotatable bonds is 6. The van der Waals surface area contributed by atoms with Gasteiger partial charge in [0.25, 0.3) is 5.91 Å². The fourth-order valence-corrected chi connectivity index (χ4v) is 2.53. The number of esters is 1. The molecule has 0 radical (unpaired) electrons. The molecule has 0 aliphatic heterocycles. The van der Waals surface area contributed by atoms with Crippen molar-refractivity contribution in [1.29, 1.82) is 0 Å². The van der Waals surface area contributed by atoms with Gasteiger partial charge in [0.1, 0.15) is 0 Å². The molecule has 2 N–H and O–H groups in total. The van der Waals surface area contributed by atoms with Crippen molar-refractivity contribution in [2.24, 2.45) is 0 Å². The second kappa shape index (κ2) is 9.28. The van der Waals surface area contributed by atoms with Gasteiger partial charge in [0, 0.05) is 11.8 Å². The summed E-state index contributed by atoms with van der Waals surface area (Å²) in [6, 6.07) is 12.2. The van der Waals surface area contributed by atoms with E-state index in [-0.39, 0.29) is 11.2 Å². The zero-order valence-electron chi connectivity index (χ0n) is 17.4. The molecule has 6 nitrogen and oxygen atoms in total. The van der Waals surface area contributed by atoms with Crippen LogP contribution in [0.1, 0.15) is 38.8 Å². The van der Waals surface area contributed by atoms with E-state index < -0.39 is 18.0 Å². The molecule has 0 aliphatic carbocycles. The molecule has 1 amide bonds. The minimum Gasteiger partial charge on any atom is -0.504 e. The van der Waals surface area contributed by atoms with Gasteiger partial charge in [0.05, 0.1) is 7.11 Å². The van der Waals surface area contributed by atoms with E-state index in [1.165, 1.54) is 32.3 Å². The Balaban J connectivity index is 1.92. The van der Waals surface area contributed by atoms with E-state index in [2.05, 4.69) is 26.1 Å². The van der Waals surface area contributed by atoms with E-state index in [9.17, 15) is 14.7 Å². The van der Waals surface area contributed by atoms with E-state index in [1.54, 1.807) is 12.1 Å². The van der Waals surface area contributed by atoms with E-state index >= 15 is 0 Å². The monoisotopic (exact) mass is 397 g/mol. The Labute approximate surface area is 171 Å². The number of anilines is 1. The number of carbonyl (C=O) groups excluding carboxylic acids is 2. The maximum Gasteiger partial charge on any atom is 0.331 e. The van der Waals surface area contributed by atoms with Gasteiger partial charge in [-0.05, 0) is 53.8 Å². The molecule has 0 spiro atoms. The van der Waals surface area contributed by atoms with Gasteiger partial charge in [-0.2, -0.15) is 0 Å². The highest BCUT2D eigenvalue weighted by atomic mass is 16.5. The molecule has 0 aliphatic rings. The second-order valence-electron chi connectivity index (χ2n) is 7.66. The zero-order chi connectivity index (χ0) is 21.6. The molecule has 154 valence electrons. The Kier molecular flexibility index (Phi) is 7.04. The molecular formula is C23H27NO5. The minimum atomic E-state index is -0.955. The van der Waals surface area contributed by atoms with Crippen LogP contribution in [0.25, 0.3) is 6.08 Å². The number of benzene rings is 2. The molecule has 0 bridgehead atoms. The van der Waals surface area contributed by atoms with Crippen molar-refractivity contribution in [2.45, 2.75) is 39.2 Å². The first kappa shape index (κ1) is 22.0. The van der Waals surface area contributed by atoms with E-state index in [0.29, 0.717) is 17.0 Å². The molecule has 0 heterocycles. The number of methoxy groups -OCH3 is 1. The maximum absolute atomic E-state index is 12.3. The Morgan fingerprint density at radius 2 is 1.76 bits per heavy atom. The summed E-state index contributed by atoms with van der Waals surface area (Å²) in [5.74, 6) is -0.761. The van der Waals surface area contributed by atoms with Crippen LogP contribution in [0.5, 0.6) is 11.5 Å². The molecule has 0 unspecified atom stereocenters. The first-order valence-electron chi connectivity index (χ1n) is 9.27. The summed E-state index contributed by atoms with van der Waals surface area (Å²) in [6.45, 7) is 7.85. The predicted molar refractivity (Wildman–Crippen MR) is 113 cm³/mol. The normalized spacial score (nSPS) is 12.4. The second-order valence-corrected chi connectivity index (χ2v) is 7.66. The fourth-order valence-electron chi connectivity index (χ4n) is 2.53. The highest BCUT2D eigenvalue weighted by Crippen LogP contribution is 2.27. The Morgan fingerprint density at radius 1 is 1.10 bits per heavy atom. The van der Waals surface area contributed by atoms with Gasteiger partial charge in [0.2, 0.25) is 0 Å². The first-order valence-corrected chi connectivity index (χ1v) is 9.27. The average molecular weight is 397 g/mol. The van der Waals surface area contributed by atoms with Gasteiger partial charge in [-0.1, -0.05) is 39.0 Å². The molecule has 29 heavy (non-hydrogen) atoms. The lowest BCUT2D eigenvalue weighted by atomic mass is 9.87. The van der Waals surface area contributed by atoms with Crippen molar-refractivity contribution in [3.63, 3.8) is 0 Å². The molecule has 0 saturated heterocycles. The molecule has 2 aromatic rings. The lowest BCUT2D eigenvalue weighted by molar-refractivity contribution is -0.148. The Bertz CT molecular complexity index is 894. The Hall–Kier alpha value is -3.28. The van der Waals surface area contributed by atoms with Gasteiger partial charge < -0.3 is 19.9 Å². The number of aromatic hydroxyl groups is 1. The molecule has 0 fully saturated rings. The lowest BCUT2D eigenvalue weighted by Gasteiger charge is -2.19. The quantitative estimate of drug-likeness (QED) is 0.561. The minimum absolute atomic E-state index is 0.00746. The maximum atomic E-state index is 12.3. The van der Waals surface area contributed by atoms with Gasteiger partial charge in [-0.15, -0.1) is 0 Å². The third kappa shape index (κ3) is 6.38. The molecule has 1 atom stereocenters. The topological polar surface area (TPSA) is 84.9 Å². The van der Waals surface area contributed by atoms with E-state index in [0.717, 1.165) is 5.56 Å². The average Bonchev–Trinajstić information content (AvgIpc) is 2.67. The van der Waals surface area contributed by atoms with Crippen LogP contribution in [0.3, 0.4) is 0 Å². The van der Waals surface area contributed by atoms with Gasteiger partial charge in [-0.3, -0.25) is 4.79 Å². The van der Waals surface area contributed by atoms with E-state index in [4.69, 9.17) is 9.47 Å². The van der Waals surface area contributed by atoms with Crippen molar-refractivity contribution >= 4 is 23.6 Å². The lowest BCUT2D eigenvalue weighted by Crippen LogP contribution is -2.29. The number of ether oxygens (including phenoxy) is 2. The number of phenolic OH excluding ortho intramolecular Hbond substituents is 1. The molecule has 2 rings (SSSR count). The largest absolute Gasteiger partial charge is 0.504 e. The van der Waals surface area contributed by atoms with Crippen LogP contribution in [0.2, 0.25) is 0 Å². The number of hydrogen-bond acceptors (Lipinski definition) is 5. The van der Waals surface area contributed by atoms with Gasteiger partial charge >= 0.3 is 5.97 Å².